The average molecular weight is 259 g/mol. The van der Waals surface area contributed by atoms with E-state index in [9.17, 15) is 4.79 Å². The van der Waals surface area contributed by atoms with Crippen LogP contribution in [-0.2, 0) is 0 Å². The minimum atomic E-state index is -0.155. The molecule has 1 heterocycles. The molecule has 0 amide bonds. The Hall–Kier alpha value is -1.55. The number of fused-ring (bicyclic) bond motifs is 1. The van der Waals surface area contributed by atoms with E-state index in [0.717, 1.165) is 11.0 Å². The normalized spacial score (nSPS) is 18.8. The molecular weight excluding hydrogens is 238 g/mol. The average Bonchev–Trinajstić information content (AvgIpc) is 2.77. The van der Waals surface area contributed by atoms with E-state index in [1.807, 2.05) is 12.1 Å². The highest BCUT2D eigenvalue weighted by Gasteiger charge is 2.23. The van der Waals surface area contributed by atoms with E-state index in [4.69, 9.17) is 5.73 Å². The number of benzene rings is 1. The van der Waals surface area contributed by atoms with Gasteiger partial charge in [-0.05, 0) is 48.9 Å². The highest BCUT2D eigenvalue weighted by atomic mass is 16.1. The minimum absolute atomic E-state index is 0.0862. The van der Waals surface area contributed by atoms with Crippen molar-refractivity contribution >= 4 is 11.0 Å². The maximum Gasteiger partial charge on any atom is 0.323 e. The summed E-state index contributed by atoms with van der Waals surface area (Å²) in [6, 6.07) is 4.15. The summed E-state index contributed by atoms with van der Waals surface area (Å²) in [5, 5.41) is 0. The molecule has 4 heteroatoms. The Morgan fingerprint density at radius 2 is 1.79 bits per heavy atom. The lowest BCUT2D eigenvalue weighted by Crippen LogP contribution is -2.24. The van der Waals surface area contributed by atoms with Crippen molar-refractivity contribution in [1.82, 2.24) is 9.97 Å². The number of aromatic nitrogens is 2. The van der Waals surface area contributed by atoms with Crippen LogP contribution < -0.4 is 11.4 Å². The number of nitrogens with one attached hydrogen (secondary N) is 2. The van der Waals surface area contributed by atoms with Gasteiger partial charge in [-0.3, -0.25) is 0 Å². The molecule has 0 radical (unpaired) electrons. The fourth-order valence-corrected chi connectivity index (χ4v) is 3.31. The summed E-state index contributed by atoms with van der Waals surface area (Å²) in [4.78, 5) is 17.0. The first-order chi connectivity index (χ1) is 9.15. The number of rotatable bonds is 2. The zero-order chi connectivity index (χ0) is 13.4. The first kappa shape index (κ1) is 12.5. The van der Waals surface area contributed by atoms with Crippen LogP contribution in [-0.4, -0.2) is 9.97 Å². The Labute approximate surface area is 112 Å². The smallest absolute Gasteiger partial charge is 0.323 e. The summed E-state index contributed by atoms with van der Waals surface area (Å²) in [5.74, 6) is 0.579. The molecule has 102 valence electrons. The van der Waals surface area contributed by atoms with Gasteiger partial charge in [-0.1, -0.05) is 19.3 Å². The number of nitrogens with two attached hydrogens (primary N) is 1. The van der Waals surface area contributed by atoms with Gasteiger partial charge >= 0.3 is 5.69 Å². The van der Waals surface area contributed by atoms with Crippen LogP contribution in [0.5, 0.6) is 0 Å². The van der Waals surface area contributed by atoms with E-state index < -0.39 is 0 Å². The molecule has 1 fully saturated rings. The van der Waals surface area contributed by atoms with Gasteiger partial charge in [0.05, 0.1) is 11.0 Å². The van der Waals surface area contributed by atoms with E-state index in [-0.39, 0.29) is 11.7 Å². The molecule has 1 saturated carbocycles. The number of imidazole rings is 1. The SMILES string of the molecule is Cc1cc2[nH]c(=O)[nH]c2cc1C(N)C1CCCCC1. The van der Waals surface area contributed by atoms with E-state index in [1.54, 1.807) is 0 Å². The van der Waals surface area contributed by atoms with Crippen LogP contribution in [0.15, 0.2) is 16.9 Å². The van der Waals surface area contributed by atoms with Crippen molar-refractivity contribution in [3.8, 4) is 0 Å². The van der Waals surface area contributed by atoms with Crippen LogP contribution in [0.1, 0.15) is 49.3 Å². The maximum absolute atomic E-state index is 11.3. The molecule has 2 aromatic rings. The van der Waals surface area contributed by atoms with Gasteiger partial charge in [0, 0.05) is 6.04 Å². The number of hydrogen-bond acceptors (Lipinski definition) is 2. The number of aryl methyl sites for hydroxylation is 1. The lowest BCUT2D eigenvalue weighted by atomic mass is 9.80. The fourth-order valence-electron chi connectivity index (χ4n) is 3.31. The van der Waals surface area contributed by atoms with Crippen molar-refractivity contribution in [2.45, 2.75) is 45.1 Å². The summed E-state index contributed by atoms with van der Waals surface area (Å²) >= 11 is 0. The Balaban J connectivity index is 1.98. The first-order valence-corrected chi connectivity index (χ1v) is 7.13. The van der Waals surface area contributed by atoms with E-state index in [1.165, 1.54) is 43.2 Å². The fraction of sp³-hybridized carbons (Fsp3) is 0.533. The topological polar surface area (TPSA) is 74.7 Å². The monoisotopic (exact) mass is 259 g/mol. The van der Waals surface area contributed by atoms with Gasteiger partial charge in [0.25, 0.3) is 0 Å². The Morgan fingerprint density at radius 3 is 2.47 bits per heavy atom. The molecule has 1 unspecified atom stereocenters. The zero-order valence-corrected chi connectivity index (χ0v) is 11.3. The summed E-state index contributed by atoms with van der Waals surface area (Å²) < 4.78 is 0. The van der Waals surface area contributed by atoms with Crippen LogP contribution in [0.2, 0.25) is 0 Å². The second-order valence-electron chi connectivity index (χ2n) is 5.76. The van der Waals surface area contributed by atoms with Crippen molar-refractivity contribution < 1.29 is 0 Å². The summed E-state index contributed by atoms with van der Waals surface area (Å²) in [5.41, 5.74) is 10.4. The molecule has 4 N–H and O–H groups in total. The van der Waals surface area contributed by atoms with Gasteiger partial charge in [0.1, 0.15) is 0 Å². The van der Waals surface area contributed by atoms with Crippen molar-refractivity contribution in [3.05, 3.63) is 33.7 Å². The van der Waals surface area contributed by atoms with Crippen molar-refractivity contribution in [2.24, 2.45) is 11.7 Å². The molecule has 4 nitrogen and oxygen atoms in total. The predicted octanol–water partition coefficient (Wildman–Crippen LogP) is 2.74. The molecule has 1 aromatic carbocycles. The van der Waals surface area contributed by atoms with E-state index in [2.05, 4.69) is 16.9 Å². The molecule has 19 heavy (non-hydrogen) atoms. The Bertz CT molecular complexity index is 634. The van der Waals surface area contributed by atoms with Crippen LogP contribution in [0.3, 0.4) is 0 Å². The number of H-pyrrole nitrogens is 2. The van der Waals surface area contributed by atoms with Gasteiger partial charge < -0.3 is 15.7 Å². The quantitative estimate of drug-likeness (QED) is 0.775. The third-order valence-corrected chi connectivity index (χ3v) is 4.42. The molecule has 1 aliphatic rings. The highest BCUT2D eigenvalue weighted by Crippen LogP contribution is 2.34. The molecule has 0 saturated heterocycles. The van der Waals surface area contributed by atoms with E-state index in [0.29, 0.717) is 5.92 Å². The first-order valence-electron chi connectivity index (χ1n) is 7.13. The van der Waals surface area contributed by atoms with Crippen LogP contribution in [0, 0.1) is 12.8 Å². The minimum Gasteiger partial charge on any atom is -0.324 e. The number of aromatic amines is 2. The predicted molar refractivity (Wildman–Crippen MR) is 77.2 cm³/mol. The molecule has 0 spiro atoms. The van der Waals surface area contributed by atoms with Gasteiger partial charge in [-0.2, -0.15) is 0 Å². The maximum atomic E-state index is 11.3. The number of hydrogen-bond donors (Lipinski definition) is 3. The lowest BCUT2D eigenvalue weighted by Gasteiger charge is -2.28. The molecule has 1 aromatic heterocycles. The Morgan fingerprint density at radius 1 is 1.16 bits per heavy atom. The van der Waals surface area contributed by atoms with E-state index >= 15 is 0 Å². The summed E-state index contributed by atoms with van der Waals surface area (Å²) in [6.45, 7) is 2.07. The van der Waals surface area contributed by atoms with Crippen molar-refractivity contribution in [1.29, 1.82) is 0 Å². The summed E-state index contributed by atoms with van der Waals surface area (Å²) in [6.07, 6.45) is 6.37. The third kappa shape index (κ3) is 2.32. The molecule has 3 rings (SSSR count). The molecular formula is C15H21N3O. The summed E-state index contributed by atoms with van der Waals surface area (Å²) in [7, 11) is 0. The third-order valence-electron chi connectivity index (χ3n) is 4.42. The molecule has 0 bridgehead atoms. The highest BCUT2D eigenvalue weighted by molar-refractivity contribution is 5.76. The van der Waals surface area contributed by atoms with Gasteiger partial charge in [-0.25, -0.2) is 4.79 Å². The molecule has 1 aliphatic carbocycles. The zero-order valence-electron chi connectivity index (χ0n) is 11.3. The van der Waals surface area contributed by atoms with Gasteiger partial charge in [0.15, 0.2) is 0 Å². The van der Waals surface area contributed by atoms with Crippen molar-refractivity contribution in [3.63, 3.8) is 0 Å². The lowest BCUT2D eigenvalue weighted by molar-refractivity contribution is 0.308. The van der Waals surface area contributed by atoms with Crippen LogP contribution in [0.4, 0.5) is 0 Å². The second kappa shape index (κ2) is 4.85. The van der Waals surface area contributed by atoms with Crippen LogP contribution in [0.25, 0.3) is 11.0 Å². The second-order valence-corrected chi connectivity index (χ2v) is 5.76. The molecule has 1 atom stereocenters. The molecule has 0 aliphatic heterocycles. The van der Waals surface area contributed by atoms with Crippen molar-refractivity contribution in [2.75, 3.05) is 0 Å². The largest absolute Gasteiger partial charge is 0.324 e. The van der Waals surface area contributed by atoms with Crippen LogP contribution >= 0.6 is 0 Å². The van der Waals surface area contributed by atoms with Gasteiger partial charge in [-0.15, -0.1) is 0 Å². The Kier molecular flexibility index (Phi) is 3.19. The van der Waals surface area contributed by atoms with Gasteiger partial charge in [0.2, 0.25) is 0 Å². The standard InChI is InChI=1S/C15H21N3O/c1-9-7-12-13(18-15(19)17-12)8-11(9)14(16)10-5-3-2-4-6-10/h7-8,10,14H,2-6,16H2,1H3,(H2,17,18,19).